The van der Waals surface area contributed by atoms with E-state index in [-0.39, 0.29) is 0 Å². The molecule has 2 aliphatic heterocycles. The number of hydrogen-bond donors (Lipinski definition) is 0. The second-order valence-electron chi connectivity index (χ2n) is 10.8. The molecule has 3 fully saturated rings. The predicted octanol–water partition coefficient (Wildman–Crippen LogP) is 3.91. The average molecular weight is 494 g/mol. The third kappa shape index (κ3) is 4.76. The summed E-state index contributed by atoms with van der Waals surface area (Å²) in [4.78, 5) is 10.5. The van der Waals surface area contributed by atoms with E-state index < -0.39 is 9.84 Å². The lowest BCUT2D eigenvalue weighted by Gasteiger charge is -2.42. The molecule has 3 aromatic rings. The summed E-state index contributed by atoms with van der Waals surface area (Å²) < 4.78 is 25.4. The first-order valence-electron chi connectivity index (χ1n) is 13.0. The van der Waals surface area contributed by atoms with Crippen LogP contribution in [0.3, 0.4) is 0 Å². The molecule has 0 bridgehead atoms. The SMILES string of the molecule is Cc1cc(C2CCN(C3CCN(C4CC4)CC3)CC2)cn2nc(-c3ccc(S(C)(=O)=O)cc3)nc12. The highest BCUT2D eigenvalue weighted by Gasteiger charge is 2.34. The normalized spacial score (nSPS) is 21.7. The maximum absolute atomic E-state index is 11.8. The summed E-state index contributed by atoms with van der Waals surface area (Å²) in [5.41, 5.74) is 4.16. The molecule has 1 saturated carbocycles. The Kier molecular flexibility index (Phi) is 5.93. The van der Waals surface area contributed by atoms with Crippen molar-refractivity contribution in [3.05, 3.63) is 47.7 Å². The maximum Gasteiger partial charge on any atom is 0.182 e. The van der Waals surface area contributed by atoms with Crippen molar-refractivity contribution in [3.8, 4) is 11.4 Å². The van der Waals surface area contributed by atoms with Crippen molar-refractivity contribution in [2.45, 2.75) is 68.3 Å². The topological polar surface area (TPSA) is 70.8 Å². The number of piperidine rings is 2. The maximum atomic E-state index is 11.8. The molecule has 0 atom stereocenters. The highest BCUT2D eigenvalue weighted by molar-refractivity contribution is 7.90. The van der Waals surface area contributed by atoms with E-state index in [9.17, 15) is 8.42 Å². The Balaban J connectivity index is 1.14. The predicted molar refractivity (Wildman–Crippen MR) is 137 cm³/mol. The molecule has 0 amide bonds. The third-order valence-corrected chi connectivity index (χ3v) is 9.39. The smallest absolute Gasteiger partial charge is 0.182 e. The van der Waals surface area contributed by atoms with Crippen LogP contribution in [0.25, 0.3) is 17.0 Å². The van der Waals surface area contributed by atoms with Crippen molar-refractivity contribution in [2.75, 3.05) is 32.4 Å². The molecule has 1 aromatic carbocycles. The van der Waals surface area contributed by atoms with Crippen LogP contribution in [0, 0.1) is 6.92 Å². The molecule has 0 N–H and O–H groups in total. The van der Waals surface area contributed by atoms with Crippen LogP contribution in [0.5, 0.6) is 0 Å². The van der Waals surface area contributed by atoms with Crippen LogP contribution in [-0.2, 0) is 9.84 Å². The Hall–Kier alpha value is -2.29. The molecular weight excluding hydrogens is 458 g/mol. The van der Waals surface area contributed by atoms with Crippen molar-refractivity contribution in [1.82, 2.24) is 24.4 Å². The number of aromatic nitrogens is 3. The second-order valence-corrected chi connectivity index (χ2v) is 12.8. The molecule has 6 rings (SSSR count). The van der Waals surface area contributed by atoms with E-state index in [0.717, 1.165) is 28.9 Å². The van der Waals surface area contributed by atoms with Gasteiger partial charge in [-0.25, -0.2) is 17.9 Å². The van der Waals surface area contributed by atoms with Gasteiger partial charge in [0.05, 0.1) is 4.90 Å². The van der Waals surface area contributed by atoms with Crippen molar-refractivity contribution in [1.29, 1.82) is 0 Å². The van der Waals surface area contributed by atoms with E-state index in [1.165, 1.54) is 76.5 Å². The molecule has 0 unspecified atom stereocenters. The zero-order valence-electron chi connectivity index (χ0n) is 20.7. The van der Waals surface area contributed by atoms with Gasteiger partial charge < -0.3 is 9.80 Å². The van der Waals surface area contributed by atoms with Gasteiger partial charge in [-0.3, -0.25) is 0 Å². The monoisotopic (exact) mass is 493 g/mol. The van der Waals surface area contributed by atoms with Crippen LogP contribution in [0.1, 0.15) is 55.6 Å². The minimum absolute atomic E-state index is 0.309. The van der Waals surface area contributed by atoms with Crippen LogP contribution in [0.4, 0.5) is 0 Å². The zero-order chi connectivity index (χ0) is 24.2. The first-order valence-corrected chi connectivity index (χ1v) is 14.9. The van der Waals surface area contributed by atoms with E-state index in [1.807, 2.05) is 4.52 Å². The van der Waals surface area contributed by atoms with E-state index in [1.54, 1.807) is 24.3 Å². The van der Waals surface area contributed by atoms with E-state index in [0.29, 0.717) is 16.6 Å². The molecule has 0 radical (unpaired) electrons. The Morgan fingerprint density at radius 1 is 0.857 bits per heavy atom. The largest absolute Gasteiger partial charge is 0.300 e. The number of hydrogen-bond acceptors (Lipinski definition) is 6. The first kappa shape index (κ1) is 23.1. The van der Waals surface area contributed by atoms with Gasteiger partial charge in [-0.05, 0) is 113 Å². The van der Waals surface area contributed by atoms with Gasteiger partial charge in [0.2, 0.25) is 0 Å². The van der Waals surface area contributed by atoms with Gasteiger partial charge in [0.15, 0.2) is 21.3 Å². The lowest BCUT2D eigenvalue weighted by atomic mass is 9.88. The molecular formula is C27H35N5O2S. The number of aryl methyl sites for hydroxylation is 1. The summed E-state index contributed by atoms with van der Waals surface area (Å²) in [7, 11) is -3.22. The van der Waals surface area contributed by atoms with E-state index in [2.05, 4.69) is 29.0 Å². The van der Waals surface area contributed by atoms with Crippen molar-refractivity contribution in [3.63, 3.8) is 0 Å². The van der Waals surface area contributed by atoms with Crippen LogP contribution in [0.15, 0.2) is 41.4 Å². The number of nitrogens with zero attached hydrogens (tertiary/aromatic N) is 5. The van der Waals surface area contributed by atoms with E-state index in [4.69, 9.17) is 10.1 Å². The van der Waals surface area contributed by atoms with Gasteiger partial charge in [-0.2, -0.15) is 0 Å². The van der Waals surface area contributed by atoms with Gasteiger partial charge in [-0.15, -0.1) is 5.10 Å². The zero-order valence-corrected chi connectivity index (χ0v) is 21.5. The molecule has 4 heterocycles. The van der Waals surface area contributed by atoms with Crippen LogP contribution < -0.4 is 0 Å². The fraction of sp³-hybridized carbons (Fsp3) is 0.556. The van der Waals surface area contributed by atoms with E-state index >= 15 is 0 Å². The minimum Gasteiger partial charge on any atom is -0.300 e. The summed E-state index contributed by atoms with van der Waals surface area (Å²) in [5.74, 6) is 1.18. The van der Waals surface area contributed by atoms with Gasteiger partial charge >= 0.3 is 0 Å². The summed E-state index contributed by atoms with van der Waals surface area (Å²) in [6.07, 6.45) is 11.3. The molecule has 7 nitrogen and oxygen atoms in total. The van der Waals surface area contributed by atoms with Crippen LogP contribution >= 0.6 is 0 Å². The Morgan fingerprint density at radius 3 is 2.06 bits per heavy atom. The van der Waals surface area contributed by atoms with Crippen molar-refractivity contribution < 1.29 is 8.42 Å². The number of rotatable bonds is 5. The molecule has 3 aliphatic rings. The Labute approximate surface area is 208 Å². The summed E-state index contributed by atoms with van der Waals surface area (Å²) in [6, 6.07) is 10.8. The minimum atomic E-state index is -3.22. The summed E-state index contributed by atoms with van der Waals surface area (Å²) in [6.45, 7) is 7.05. The highest BCUT2D eigenvalue weighted by atomic mass is 32.2. The molecule has 2 aromatic heterocycles. The molecule has 186 valence electrons. The Bertz CT molecular complexity index is 1310. The second kappa shape index (κ2) is 8.98. The van der Waals surface area contributed by atoms with Crippen LogP contribution in [-0.4, -0.2) is 77.3 Å². The lowest BCUT2D eigenvalue weighted by Crippen LogP contribution is -2.47. The number of fused-ring (bicyclic) bond motifs is 1. The summed E-state index contributed by atoms with van der Waals surface area (Å²) in [5, 5.41) is 4.75. The lowest BCUT2D eigenvalue weighted by molar-refractivity contribution is 0.0843. The quantitative estimate of drug-likeness (QED) is 0.537. The highest BCUT2D eigenvalue weighted by Crippen LogP contribution is 2.34. The average Bonchev–Trinajstić information content (AvgIpc) is 3.62. The third-order valence-electron chi connectivity index (χ3n) is 8.26. The van der Waals surface area contributed by atoms with Crippen molar-refractivity contribution in [2.24, 2.45) is 0 Å². The molecule has 2 saturated heterocycles. The van der Waals surface area contributed by atoms with Gasteiger partial charge in [0.25, 0.3) is 0 Å². The number of sulfone groups is 1. The number of likely N-dealkylation sites (tertiary alicyclic amines) is 2. The molecule has 1 aliphatic carbocycles. The first-order chi connectivity index (χ1) is 16.8. The van der Waals surface area contributed by atoms with Crippen LogP contribution in [0.2, 0.25) is 0 Å². The molecule has 35 heavy (non-hydrogen) atoms. The fourth-order valence-electron chi connectivity index (χ4n) is 6.03. The number of pyridine rings is 1. The Morgan fingerprint density at radius 2 is 1.46 bits per heavy atom. The molecule has 0 spiro atoms. The fourth-order valence-corrected chi connectivity index (χ4v) is 6.66. The molecule has 8 heteroatoms. The summed E-state index contributed by atoms with van der Waals surface area (Å²) >= 11 is 0. The van der Waals surface area contributed by atoms with Crippen molar-refractivity contribution >= 4 is 15.5 Å². The van der Waals surface area contributed by atoms with Gasteiger partial charge in [0, 0.05) is 30.1 Å². The standard InChI is InChI=1S/C27H35N5O2S/c1-19-17-22(20-9-13-30(14-10-20)24-11-15-31(16-12-24)23-5-6-23)18-32-27(19)28-26(29-32)21-3-7-25(8-4-21)35(2,33)34/h3-4,7-8,17-18,20,23-24H,5-6,9-16H2,1-2H3. The van der Waals surface area contributed by atoms with Gasteiger partial charge in [-0.1, -0.05) is 6.07 Å². The number of benzene rings is 1. The van der Waals surface area contributed by atoms with Gasteiger partial charge in [0.1, 0.15) is 0 Å².